The van der Waals surface area contributed by atoms with Crippen LogP contribution >= 0.6 is 0 Å². The number of benzene rings is 1. The number of nitrogens with zero attached hydrogens (tertiary/aromatic N) is 1. The van der Waals surface area contributed by atoms with Crippen molar-refractivity contribution in [1.29, 1.82) is 0 Å². The summed E-state index contributed by atoms with van der Waals surface area (Å²) >= 11 is 0. The molecule has 0 spiro atoms. The second kappa shape index (κ2) is 4.48. The van der Waals surface area contributed by atoms with Gasteiger partial charge in [0.2, 0.25) is 0 Å². The molecule has 1 aromatic carbocycles. The summed E-state index contributed by atoms with van der Waals surface area (Å²) in [6, 6.07) is 9.13. The van der Waals surface area contributed by atoms with Crippen LogP contribution in [-0.4, -0.2) is 30.0 Å². The molecular weight excluding hydrogens is 228 g/mol. The number of hydrogen-bond acceptors (Lipinski definition) is 4. The number of carbonyl (C=O) groups excluding carboxylic acids is 1. The van der Waals surface area contributed by atoms with Gasteiger partial charge in [0.1, 0.15) is 0 Å². The minimum atomic E-state index is -0.240. The smallest absolute Gasteiger partial charge is 0.170 e. The highest BCUT2D eigenvalue weighted by molar-refractivity contribution is 6.08. The molecule has 1 aromatic heterocycles. The molecule has 0 radical (unpaired) electrons. The van der Waals surface area contributed by atoms with E-state index in [0.29, 0.717) is 18.8 Å². The molecule has 1 aliphatic rings. The van der Waals surface area contributed by atoms with Crippen molar-refractivity contribution in [2.75, 3.05) is 13.2 Å². The van der Waals surface area contributed by atoms with E-state index >= 15 is 0 Å². The number of ketones is 1. The van der Waals surface area contributed by atoms with Gasteiger partial charge in [-0.25, -0.2) is 0 Å². The second-order valence-electron chi connectivity index (χ2n) is 4.55. The fraction of sp³-hybridized carbons (Fsp3) is 0.286. The zero-order valence-electron chi connectivity index (χ0n) is 9.87. The first-order valence-electron chi connectivity index (χ1n) is 5.98. The van der Waals surface area contributed by atoms with E-state index in [1.165, 1.54) is 0 Å². The number of ether oxygens (including phenoxy) is 1. The Hall–Kier alpha value is -1.78. The summed E-state index contributed by atoms with van der Waals surface area (Å²) in [5.74, 6) is -0.186. The zero-order valence-corrected chi connectivity index (χ0v) is 9.87. The Labute approximate surface area is 105 Å². The van der Waals surface area contributed by atoms with Crippen LogP contribution in [0.15, 0.2) is 36.5 Å². The predicted molar refractivity (Wildman–Crippen MR) is 68.4 cm³/mol. The number of carbonyl (C=O) groups is 1. The molecule has 2 atom stereocenters. The highest BCUT2D eigenvalue weighted by atomic mass is 16.5. The molecule has 2 heterocycles. The Balaban J connectivity index is 2.06. The van der Waals surface area contributed by atoms with Gasteiger partial charge in [-0.1, -0.05) is 18.2 Å². The fourth-order valence-corrected chi connectivity index (χ4v) is 2.36. The SMILES string of the molecule is NC1COCC1C(=O)c1cccc2ncccc12. The maximum Gasteiger partial charge on any atom is 0.170 e. The zero-order chi connectivity index (χ0) is 12.5. The summed E-state index contributed by atoms with van der Waals surface area (Å²) < 4.78 is 5.26. The lowest BCUT2D eigenvalue weighted by molar-refractivity contribution is 0.0897. The van der Waals surface area contributed by atoms with Crippen molar-refractivity contribution in [2.45, 2.75) is 6.04 Å². The number of aromatic nitrogens is 1. The van der Waals surface area contributed by atoms with Gasteiger partial charge in [0.25, 0.3) is 0 Å². The van der Waals surface area contributed by atoms with Crippen molar-refractivity contribution in [1.82, 2.24) is 4.98 Å². The van der Waals surface area contributed by atoms with E-state index in [1.54, 1.807) is 6.20 Å². The van der Waals surface area contributed by atoms with E-state index in [1.807, 2.05) is 30.3 Å². The monoisotopic (exact) mass is 242 g/mol. The molecule has 0 amide bonds. The molecule has 1 aliphatic heterocycles. The summed E-state index contributed by atoms with van der Waals surface area (Å²) in [5.41, 5.74) is 7.42. The minimum Gasteiger partial charge on any atom is -0.379 e. The highest BCUT2D eigenvalue weighted by Crippen LogP contribution is 2.23. The van der Waals surface area contributed by atoms with E-state index in [4.69, 9.17) is 10.5 Å². The number of hydrogen-bond donors (Lipinski definition) is 1. The van der Waals surface area contributed by atoms with Crippen LogP contribution in [0, 0.1) is 5.92 Å². The van der Waals surface area contributed by atoms with Gasteiger partial charge in [-0.15, -0.1) is 0 Å². The van der Waals surface area contributed by atoms with Crippen LogP contribution < -0.4 is 5.73 Å². The summed E-state index contributed by atoms with van der Waals surface area (Å²) in [6.45, 7) is 0.871. The first kappa shape index (κ1) is 11.3. The van der Waals surface area contributed by atoms with Gasteiger partial charge in [0.15, 0.2) is 5.78 Å². The molecule has 0 saturated carbocycles. The molecule has 2 N–H and O–H groups in total. The average Bonchev–Trinajstić information content (AvgIpc) is 2.83. The van der Waals surface area contributed by atoms with Crippen LogP contribution in [-0.2, 0) is 4.74 Å². The molecular formula is C14H14N2O2. The molecule has 1 saturated heterocycles. The maximum absolute atomic E-state index is 12.5. The highest BCUT2D eigenvalue weighted by Gasteiger charge is 2.32. The van der Waals surface area contributed by atoms with Crippen LogP contribution in [0.1, 0.15) is 10.4 Å². The van der Waals surface area contributed by atoms with Crippen molar-refractivity contribution in [3.63, 3.8) is 0 Å². The molecule has 2 unspecified atom stereocenters. The second-order valence-corrected chi connectivity index (χ2v) is 4.55. The average molecular weight is 242 g/mol. The third-order valence-corrected chi connectivity index (χ3v) is 3.37. The van der Waals surface area contributed by atoms with Crippen molar-refractivity contribution in [3.05, 3.63) is 42.1 Å². The molecule has 92 valence electrons. The number of rotatable bonds is 2. The van der Waals surface area contributed by atoms with Crippen molar-refractivity contribution in [2.24, 2.45) is 11.7 Å². The van der Waals surface area contributed by atoms with Crippen molar-refractivity contribution < 1.29 is 9.53 Å². The molecule has 0 aliphatic carbocycles. The van der Waals surface area contributed by atoms with Crippen molar-refractivity contribution >= 4 is 16.7 Å². The van der Waals surface area contributed by atoms with Crippen LogP contribution in [0.2, 0.25) is 0 Å². The van der Waals surface area contributed by atoms with Crippen LogP contribution in [0.3, 0.4) is 0 Å². The Morgan fingerprint density at radius 2 is 2.17 bits per heavy atom. The summed E-state index contributed by atoms with van der Waals surface area (Å²) in [4.78, 5) is 16.7. The summed E-state index contributed by atoms with van der Waals surface area (Å²) in [6.07, 6.45) is 1.72. The number of fused-ring (bicyclic) bond motifs is 1. The Bertz CT molecular complexity index is 592. The summed E-state index contributed by atoms with van der Waals surface area (Å²) in [7, 11) is 0. The van der Waals surface area contributed by atoms with Gasteiger partial charge in [-0.2, -0.15) is 0 Å². The number of Topliss-reactive ketones (excluding diaryl/α,β-unsaturated/α-hetero) is 1. The van der Waals surface area contributed by atoms with Gasteiger partial charge in [-0.3, -0.25) is 9.78 Å². The topological polar surface area (TPSA) is 65.2 Å². The molecule has 0 bridgehead atoms. The molecule has 1 fully saturated rings. The van der Waals surface area contributed by atoms with Gasteiger partial charge < -0.3 is 10.5 Å². The van der Waals surface area contributed by atoms with E-state index < -0.39 is 0 Å². The van der Waals surface area contributed by atoms with Gasteiger partial charge in [-0.05, 0) is 12.1 Å². The van der Waals surface area contributed by atoms with Gasteiger partial charge >= 0.3 is 0 Å². The standard InChI is InChI=1S/C14H14N2O2/c15-12-8-18-7-11(12)14(17)10-3-1-5-13-9(10)4-2-6-16-13/h1-6,11-12H,7-8,15H2. The number of pyridine rings is 1. The summed E-state index contributed by atoms with van der Waals surface area (Å²) in [5, 5.41) is 0.879. The first-order chi connectivity index (χ1) is 8.77. The lowest BCUT2D eigenvalue weighted by Crippen LogP contribution is -2.34. The van der Waals surface area contributed by atoms with E-state index in [9.17, 15) is 4.79 Å². The molecule has 18 heavy (non-hydrogen) atoms. The molecule has 2 aromatic rings. The maximum atomic E-state index is 12.5. The lowest BCUT2D eigenvalue weighted by atomic mass is 9.92. The Kier molecular flexibility index (Phi) is 2.81. The van der Waals surface area contributed by atoms with E-state index in [0.717, 1.165) is 10.9 Å². The van der Waals surface area contributed by atoms with Gasteiger partial charge in [0, 0.05) is 23.2 Å². The van der Waals surface area contributed by atoms with Crippen LogP contribution in [0.5, 0.6) is 0 Å². The fourth-order valence-electron chi connectivity index (χ4n) is 2.36. The van der Waals surface area contributed by atoms with Crippen molar-refractivity contribution in [3.8, 4) is 0 Å². The van der Waals surface area contributed by atoms with Crippen LogP contribution in [0.25, 0.3) is 10.9 Å². The predicted octanol–water partition coefficient (Wildman–Crippen LogP) is 1.39. The molecule has 3 rings (SSSR count). The van der Waals surface area contributed by atoms with Crippen LogP contribution in [0.4, 0.5) is 0 Å². The Morgan fingerprint density at radius 3 is 2.94 bits per heavy atom. The quantitative estimate of drug-likeness (QED) is 0.808. The normalized spacial score (nSPS) is 23.4. The lowest BCUT2D eigenvalue weighted by Gasteiger charge is -2.13. The largest absolute Gasteiger partial charge is 0.379 e. The molecule has 4 heteroatoms. The minimum absolute atomic E-state index is 0.0543. The Morgan fingerprint density at radius 1 is 1.28 bits per heavy atom. The number of nitrogens with two attached hydrogens (primary N) is 1. The molecule has 4 nitrogen and oxygen atoms in total. The third kappa shape index (κ3) is 1.79. The third-order valence-electron chi connectivity index (χ3n) is 3.37. The van der Waals surface area contributed by atoms with Gasteiger partial charge in [0.05, 0.1) is 24.6 Å². The van der Waals surface area contributed by atoms with E-state index in [2.05, 4.69) is 4.98 Å². The van der Waals surface area contributed by atoms with E-state index in [-0.39, 0.29) is 17.7 Å². The first-order valence-corrected chi connectivity index (χ1v) is 5.98.